The predicted molar refractivity (Wildman–Crippen MR) is 74.0 cm³/mol. The highest BCUT2D eigenvalue weighted by molar-refractivity contribution is 8.00. The predicted octanol–water partition coefficient (Wildman–Crippen LogP) is 1.76. The highest BCUT2D eigenvalue weighted by Crippen LogP contribution is 2.26. The van der Waals surface area contributed by atoms with E-state index in [9.17, 15) is 4.79 Å². The Morgan fingerprint density at radius 1 is 1.72 bits per heavy atom. The Labute approximate surface area is 110 Å². The average molecular weight is 267 g/mol. The third-order valence-electron chi connectivity index (χ3n) is 2.84. The van der Waals surface area contributed by atoms with Crippen molar-refractivity contribution in [2.24, 2.45) is 0 Å². The molecule has 1 fully saturated rings. The average Bonchev–Trinajstić information content (AvgIpc) is 2.89. The van der Waals surface area contributed by atoms with E-state index in [0.29, 0.717) is 22.3 Å². The zero-order valence-electron chi connectivity index (χ0n) is 10.3. The summed E-state index contributed by atoms with van der Waals surface area (Å²) in [5, 5.41) is 3.80. The Morgan fingerprint density at radius 3 is 3.22 bits per heavy atom. The molecule has 0 spiro atoms. The highest BCUT2D eigenvalue weighted by atomic mass is 32.2. The minimum Gasteiger partial charge on any atom is -0.465 e. The van der Waals surface area contributed by atoms with Crippen LogP contribution in [0.4, 0.5) is 11.5 Å². The molecule has 1 aromatic rings. The van der Waals surface area contributed by atoms with Crippen LogP contribution >= 0.6 is 11.8 Å². The molecule has 5 nitrogen and oxygen atoms in total. The van der Waals surface area contributed by atoms with Crippen molar-refractivity contribution >= 4 is 29.2 Å². The van der Waals surface area contributed by atoms with Crippen molar-refractivity contribution < 1.29 is 9.53 Å². The second-order valence-corrected chi connectivity index (χ2v) is 5.58. The van der Waals surface area contributed by atoms with E-state index in [1.807, 2.05) is 11.8 Å². The summed E-state index contributed by atoms with van der Waals surface area (Å²) in [4.78, 5) is 15.8. The van der Waals surface area contributed by atoms with Crippen LogP contribution in [0.1, 0.15) is 23.2 Å². The Hall–Kier alpha value is -1.43. The van der Waals surface area contributed by atoms with Gasteiger partial charge in [0.25, 0.3) is 0 Å². The lowest BCUT2D eigenvalue weighted by atomic mass is 10.2. The number of aromatic nitrogens is 1. The van der Waals surface area contributed by atoms with Crippen LogP contribution in [0.5, 0.6) is 0 Å². The van der Waals surface area contributed by atoms with E-state index in [4.69, 9.17) is 10.5 Å². The van der Waals surface area contributed by atoms with Gasteiger partial charge < -0.3 is 15.8 Å². The van der Waals surface area contributed by atoms with E-state index in [-0.39, 0.29) is 0 Å². The number of anilines is 2. The molecule has 2 heterocycles. The van der Waals surface area contributed by atoms with Gasteiger partial charge in [0.05, 0.1) is 19.0 Å². The molecule has 0 bridgehead atoms. The maximum Gasteiger partial charge on any atom is 0.341 e. The summed E-state index contributed by atoms with van der Waals surface area (Å²) in [6.45, 7) is 0.811. The number of nitrogens with zero attached hydrogens (tertiary/aromatic N) is 1. The fraction of sp³-hybridized carbons (Fsp3) is 0.500. The lowest BCUT2D eigenvalue weighted by molar-refractivity contribution is 0.0601. The lowest BCUT2D eigenvalue weighted by Crippen LogP contribution is -2.17. The molecule has 1 aromatic heterocycles. The summed E-state index contributed by atoms with van der Waals surface area (Å²) >= 11 is 1.95. The summed E-state index contributed by atoms with van der Waals surface area (Å²) in [6, 6.07) is 1.59. The second-order valence-electron chi connectivity index (χ2n) is 4.17. The van der Waals surface area contributed by atoms with Gasteiger partial charge in [0, 0.05) is 11.8 Å². The number of methoxy groups -OCH3 is 1. The van der Waals surface area contributed by atoms with Gasteiger partial charge in [-0.1, -0.05) is 0 Å². The van der Waals surface area contributed by atoms with Gasteiger partial charge in [-0.25, -0.2) is 9.78 Å². The molecule has 0 saturated carbocycles. The SMILES string of the molecule is COC(=O)c1cc(N)cnc1NCC1CCCS1. The Morgan fingerprint density at radius 2 is 2.56 bits per heavy atom. The second kappa shape index (κ2) is 5.95. The highest BCUT2D eigenvalue weighted by Gasteiger charge is 2.18. The largest absolute Gasteiger partial charge is 0.465 e. The Balaban J connectivity index is 2.08. The zero-order chi connectivity index (χ0) is 13.0. The summed E-state index contributed by atoms with van der Waals surface area (Å²) in [7, 11) is 1.35. The molecule has 1 aliphatic heterocycles. The van der Waals surface area contributed by atoms with Crippen molar-refractivity contribution in [3.8, 4) is 0 Å². The lowest BCUT2D eigenvalue weighted by Gasteiger charge is -2.13. The van der Waals surface area contributed by atoms with Gasteiger partial charge in [0.1, 0.15) is 11.4 Å². The van der Waals surface area contributed by atoms with Gasteiger partial charge in [-0.15, -0.1) is 0 Å². The van der Waals surface area contributed by atoms with Crippen LogP contribution in [0.15, 0.2) is 12.3 Å². The molecule has 0 amide bonds. The smallest absolute Gasteiger partial charge is 0.341 e. The number of rotatable bonds is 4. The molecule has 0 radical (unpaired) electrons. The number of ether oxygens (including phenoxy) is 1. The molecule has 3 N–H and O–H groups in total. The van der Waals surface area contributed by atoms with Crippen molar-refractivity contribution in [1.82, 2.24) is 4.98 Å². The first-order chi connectivity index (χ1) is 8.70. The Bertz CT molecular complexity index is 433. The van der Waals surface area contributed by atoms with Gasteiger partial charge in [0.15, 0.2) is 0 Å². The van der Waals surface area contributed by atoms with Crippen molar-refractivity contribution in [3.63, 3.8) is 0 Å². The first-order valence-electron chi connectivity index (χ1n) is 5.90. The first kappa shape index (κ1) is 13.0. The molecular weight excluding hydrogens is 250 g/mol. The van der Waals surface area contributed by atoms with Crippen molar-refractivity contribution in [2.75, 3.05) is 30.5 Å². The topological polar surface area (TPSA) is 77.2 Å². The number of hydrogen-bond donors (Lipinski definition) is 2. The molecule has 2 rings (SSSR count). The Kier molecular flexibility index (Phi) is 4.30. The van der Waals surface area contributed by atoms with Crippen LogP contribution < -0.4 is 11.1 Å². The van der Waals surface area contributed by atoms with Gasteiger partial charge in [0.2, 0.25) is 0 Å². The molecule has 6 heteroatoms. The fourth-order valence-corrected chi connectivity index (χ4v) is 3.10. The summed E-state index contributed by atoms with van der Waals surface area (Å²) in [5.41, 5.74) is 6.48. The number of carbonyl (C=O) groups excluding carboxylic acids is 1. The number of nitrogens with one attached hydrogen (secondary N) is 1. The summed E-state index contributed by atoms with van der Waals surface area (Å²) in [5.74, 6) is 1.34. The summed E-state index contributed by atoms with van der Waals surface area (Å²) in [6.07, 6.45) is 4.01. The first-order valence-corrected chi connectivity index (χ1v) is 6.95. The van der Waals surface area contributed by atoms with Gasteiger partial charge >= 0.3 is 5.97 Å². The molecule has 1 unspecified atom stereocenters. The molecule has 18 heavy (non-hydrogen) atoms. The molecule has 1 saturated heterocycles. The number of hydrogen-bond acceptors (Lipinski definition) is 6. The minimum atomic E-state index is -0.420. The molecular formula is C12H17N3O2S. The molecule has 0 aliphatic carbocycles. The van der Waals surface area contributed by atoms with E-state index in [1.54, 1.807) is 6.07 Å². The maximum absolute atomic E-state index is 11.6. The van der Waals surface area contributed by atoms with Gasteiger partial charge in [-0.05, 0) is 24.7 Å². The molecule has 98 valence electrons. The number of nitrogens with two attached hydrogens (primary N) is 1. The van der Waals surface area contributed by atoms with E-state index in [0.717, 1.165) is 6.54 Å². The van der Waals surface area contributed by atoms with E-state index in [2.05, 4.69) is 10.3 Å². The van der Waals surface area contributed by atoms with Crippen LogP contribution in [0.2, 0.25) is 0 Å². The third-order valence-corrected chi connectivity index (χ3v) is 4.23. The third kappa shape index (κ3) is 3.07. The van der Waals surface area contributed by atoms with Gasteiger partial charge in [-0.3, -0.25) is 0 Å². The van der Waals surface area contributed by atoms with Crippen molar-refractivity contribution in [3.05, 3.63) is 17.8 Å². The van der Waals surface area contributed by atoms with Crippen LogP contribution in [-0.4, -0.2) is 35.6 Å². The fourth-order valence-electron chi connectivity index (χ4n) is 1.90. The molecule has 1 aliphatic rings. The number of carbonyl (C=O) groups is 1. The summed E-state index contributed by atoms with van der Waals surface area (Å²) < 4.78 is 4.72. The van der Waals surface area contributed by atoms with Crippen LogP contribution in [0.3, 0.4) is 0 Å². The van der Waals surface area contributed by atoms with Crippen LogP contribution in [-0.2, 0) is 4.74 Å². The quantitative estimate of drug-likeness (QED) is 0.809. The van der Waals surface area contributed by atoms with E-state index in [1.165, 1.54) is 31.9 Å². The monoisotopic (exact) mass is 267 g/mol. The number of pyridine rings is 1. The minimum absolute atomic E-state index is 0.389. The normalized spacial score (nSPS) is 18.6. The zero-order valence-corrected chi connectivity index (χ0v) is 11.1. The van der Waals surface area contributed by atoms with Crippen LogP contribution in [0.25, 0.3) is 0 Å². The number of thioether (sulfide) groups is 1. The number of nitrogen functional groups attached to an aromatic ring is 1. The van der Waals surface area contributed by atoms with Crippen LogP contribution in [0, 0.1) is 0 Å². The maximum atomic E-state index is 11.6. The van der Waals surface area contributed by atoms with E-state index >= 15 is 0 Å². The molecule has 1 atom stereocenters. The van der Waals surface area contributed by atoms with E-state index < -0.39 is 5.97 Å². The molecule has 0 aromatic carbocycles. The van der Waals surface area contributed by atoms with Crippen molar-refractivity contribution in [1.29, 1.82) is 0 Å². The van der Waals surface area contributed by atoms with Gasteiger partial charge in [-0.2, -0.15) is 11.8 Å². The van der Waals surface area contributed by atoms with Crippen molar-refractivity contribution in [2.45, 2.75) is 18.1 Å². The number of esters is 1. The standard InChI is InChI=1S/C12H17N3O2S/c1-17-12(16)10-5-8(13)6-14-11(10)15-7-9-3-2-4-18-9/h5-6,9H,2-4,7,13H2,1H3,(H,14,15).